The minimum Gasteiger partial charge on any atom is -0.377 e. The number of nitrogens with zero attached hydrogens (tertiary/aromatic N) is 3. The molecule has 4 nitrogen and oxygen atoms in total. The predicted octanol–water partition coefficient (Wildman–Crippen LogP) is 2.54. The lowest BCUT2D eigenvalue weighted by Gasteiger charge is -2.22. The second-order valence-electron chi connectivity index (χ2n) is 5.77. The van der Waals surface area contributed by atoms with Crippen LogP contribution in [0.1, 0.15) is 24.6 Å². The van der Waals surface area contributed by atoms with Crippen molar-refractivity contribution in [1.29, 1.82) is 0 Å². The molecule has 0 N–H and O–H groups in total. The number of ether oxygens (including phenoxy) is 1. The average Bonchev–Trinajstić information content (AvgIpc) is 2.80. The van der Waals surface area contributed by atoms with Crippen LogP contribution in [0.3, 0.4) is 0 Å². The minimum absolute atomic E-state index is 0.318. The first kappa shape index (κ1) is 14.3. The van der Waals surface area contributed by atoms with Gasteiger partial charge in [-0.25, -0.2) is 4.98 Å². The highest BCUT2D eigenvalue weighted by atomic mass is 16.5. The molecular weight excluding hydrogens is 262 g/mol. The maximum atomic E-state index is 5.71. The van der Waals surface area contributed by atoms with Crippen molar-refractivity contribution in [1.82, 2.24) is 14.5 Å². The van der Waals surface area contributed by atoms with Crippen LogP contribution in [0.5, 0.6) is 0 Å². The van der Waals surface area contributed by atoms with Crippen molar-refractivity contribution in [3.05, 3.63) is 54.1 Å². The van der Waals surface area contributed by atoms with Gasteiger partial charge in [0.2, 0.25) is 0 Å². The Morgan fingerprint density at radius 3 is 2.95 bits per heavy atom. The zero-order chi connectivity index (χ0) is 14.5. The summed E-state index contributed by atoms with van der Waals surface area (Å²) in [5.41, 5.74) is 2.58. The lowest BCUT2D eigenvalue weighted by atomic mass is 10.2. The van der Waals surface area contributed by atoms with E-state index in [0.29, 0.717) is 6.10 Å². The molecule has 4 heteroatoms. The minimum atomic E-state index is 0.318. The summed E-state index contributed by atoms with van der Waals surface area (Å²) in [7, 11) is 0. The topological polar surface area (TPSA) is 30.3 Å². The van der Waals surface area contributed by atoms with Gasteiger partial charge in [-0.2, -0.15) is 0 Å². The summed E-state index contributed by atoms with van der Waals surface area (Å²) in [6, 6.07) is 10.5. The molecule has 2 heterocycles. The first-order valence-electron chi connectivity index (χ1n) is 7.68. The number of hydrogen-bond acceptors (Lipinski definition) is 3. The first-order chi connectivity index (χ1) is 10.3. The van der Waals surface area contributed by atoms with E-state index in [9.17, 15) is 0 Å². The summed E-state index contributed by atoms with van der Waals surface area (Å²) in [6.07, 6.45) is 5.34. The molecular formula is C17H23N3O. The standard InChI is InChI=1S/C17H23N3O/c1-15-11-19(8-5-9-21-15)13-17-10-18-14-20(17)12-16-6-3-2-4-7-16/h2-4,6-7,10,14-15H,5,8-9,11-13H2,1H3. The Balaban J connectivity index is 1.67. The van der Waals surface area contributed by atoms with Crippen LogP contribution in [-0.2, 0) is 17.8 Å². The van der Waals surface area contributed by atoms with Crippen LogP contribution in [0.25, 0.3) is 0 Å². The summed E-state index contributed by atoms with van der Waals surface area (Å²) in [5.74, 6) is 0. The lowest BCUT2D eigenvalue weighted by molar-refractivity contribution is 0.0665. The maximum absolute atomic E-state index is 5.71. The van der Waals surface area contributed by atoms with Crippen LogP contribution in [0.15, 0.2) is 42.9 Å². The third-order valence-corrected chi connectivity index (χ3v) is 3.92. The van der Waals surface area contributed by atoms with Crippen molar-refractivity contribution in [3.63, 3.8) is 0 Å². The van der Waals surface area contributed by atoms with E-state index in [0.717, 1.165) is 39.2 Å². The van der Waals surface area contributed by atoms with E-state index in [4.69, 9.17) is 4.74 Å². The normalized spacial score (nSPS) is 20.3. The van der Waals surface area contributed by atoms with Crippen molar-refractivity contribution in [3.8, 4) is 0 Å². The molecule has 1 aromatic heterocycles. The van der Waals surface area contributed by atoms with E-state index in [1.165, 1.54) is 11.3 Å². The smallest absolute Gasteiger partial charge is 0.0951 e. The van der Waals surface area contributed by atoms with Crippen LogP contribution in [0.2, 0.25) is 0 Å². The molecule has 0 bridgehead atoms. The molecule has 0 saturated carbocycles. The van der Waals surface area contributed by atoms with Gasteiger partial charge in [0.05, 0.1) is 18.1 Å². The molecule has 112 valence electrons. The largest absolute Gasteiger partial charge is 0.377 e. The van der Waals surface area contributed by atoms with Crippen molar-refractivity contribution in [2.45, 2.75) is 32.5 Å². The highest BCUT2D eigenvalue weighted by Crippen LogP contribution is 2.12. The molecule has 1 aromatic carbocycles. The number of imidazole rings is 1. The Kier molecular flexibility index (Phi) is 4.68. The van der Waals surface area contributed by atoms with Gasteiger partial charge < -0.3 is 9.30 Å². The van der Waals surface area contributed by atoms with Gasteiger partial charge in [0, 0.05) is 39.0 Å². The third-order valence-electron chi connectivity index (χ3n) is 3.92. The monoisotopic (exact) mass is 285 g/mol. The summed E-state index contributed by atoms with van der Waals surface area (Å²) in [6.45, 7) is 6.95. The lowest BCUT2D eigenvalue weighted by Crippen LogP contribution is -2.30. The van der Waals surface area contributed by atoms with Crippen LogP contribution in [0.4, 0.5) is 0 Å². The average molecular weight is 285 g/mol. The molecule has 21 heavy (non-hydrogen) atoms. The van der Waals surface area contributed by atoms with E-state index in [1.807, 2.05) is 12.5 Å². The maximum Gasteiger partial charge on any atom is 0.0951 e. The van der Waals surface area contributed by atoms with Gasteiger partial charge in [0.1, 0.15) is 0 Å². The van der Waals surface area contributed by atoms with E-state index in [2.05, 4.69) is 51.7 Å². The van der Waals surface area contributed by atoms with Gasteiger partial charge in [0.25, 0.3) is 0 Å². The fourth-order valence-electron chi connectivity index (χ4n) is 2.86. The molecule has 0 radical (unpaired) electrons. The van der Waals surface area contributed by atoms with E-state index < -0.39 is 0 Å². The number of benzene rings is 1. The Morgan fingerprint density at radius 1 is 1.24 bits per heavy atom. The number of rotatable bonds is 4. The predicted molar refractivity (Wildman–Crippen MR) is 83.1 cm³/mol. The van der Waals surface area contributed by atoms with Crippen LogP contribution < -0.4 is 0 Å². The Morgan fingerprint density at radius 2 is 2.10 bits per heavy atom. The van der Waals surface area contributed by atoms with Gasteiger partial charge in [-0.15, -0.1) is 0 Å². The fraction of sp³-hybridized carbons (Fsp3) is 0.471. The van der Waals surface area contributed by atoms with E-state index in [1.54, 1.807) is 0 Å². The van der Waals surface area contributed by atoms with E-state index in [-0.39, 0.29) is 0 Å². The van der Waals surface area contributed by atoms with Gasteiger partial charge in [-0.05, 0) is 18.9 Å². The molecule has 0 spiro atoms. The zero-order valence-corrected chi connectivity index (χ0v) is 12.6. The molecule has 1 saturated heterocycles. The first-order valence-corrected chi connectivity index (χ1v) is 7.68. The van der Waals surface area contributed by atoms with Gasteiger partial charge in [-0.3, -0.25) is 4.90 Å². The Bertz CT molecular complexity index is 552. The van der Waals surface area contributed by atoms with Crippen molar-refractivity contribution >= 4 is 0 Å². The Hall–Kier alpha value is -1.65. The molecule has 2 aromatic rings. The van der Waals surface area contributed by atoms with Gasteiger partial charge in [-0.1, -0.05) is 30.3 Å². The highest BCUT2D eigenvalue weighted by molar-refractivity contribution is 5.16. The Labute approximate surface area is 126 Å². The summed E-state index contributed by atoms with van der Waals surface area (Å²) >= 11 is 0. The summed E-state index contributed by atoms with van der Waals surface area (Å²) in [4.78, 5) is 6.80. The molecule has 1 fully saturated rings. The second kappa shape index (κ2) is 6.87. The van der Waals surface area contributed by atoms with Crippen molar-refractivity contribution < 1.29 is 4.74 Å². The van der Waals surface area contributed by atoms with Gasteiger partial charge in [0.15, 0.2) is 0 Å². The van der Waals surface area contributed by atoms with Gasteiger partial charge >= 0.3 is 0 Å². The third kappa shape index (κ3) is 3.93. The van der Waals surface area contributed by atoms with Crippen LogP contribution in [-0.4, -0.2) is 40.3 Å². The summed E-state index contributed by atoms with van der Waals surface area (Å²) < 4.78 is 7.96. The highest BCUT2D eigenvalue weighted by Gasteiger charge is 2.16. The van der Waals surface area contributed by atoms with Crippen molar-refractivity contribution in [2.24, 2.45) is 0 Å². The fourth-order valence-corrected chi connectivity index (χ4v) is 2.86. The molecule has 1 atom stereocenters. The van der Waals surface area contributed by atoms with Crippen LogP contribution in [0, 0.1) is 0 Å². The molecule has 1 aliphatic rings. The molecule has 1 aliphatic heterocycles. The zero-order valence-electron chi connectivity index (χ0n) is 12.6. The molecule has 0 amide bonds. The molecule has 1 unspecified atom stereocenters. The van der Waals surface area contributed by atoms with E-state index >= 15 is 0 Å². The molecule has 3 rings (SSSR count). The quantitative estimate of drug-likeness (QED) is 0.865. The van der Waals surface area contributed by atoms with Crippen LogP contribution >= 0.6 is 0 Å². The van der Waals surface area contributed by atoms with Crippen molar-refractivity contribution in [2.75, 3.05) is 19.7 Å². The summed E-state index contributed by atoms with van der Waals surface area (Å²) in [5, 5.41) is 0. The molecule has 0 aliphatic carbocycles. The second-order valence-corrected chi connectivity index (χ2v) is 5.77. The number of aromatic nitrogens is 2. The SMILES string of the molecule is CC1CN(Cc2cncn2Cc2ccccc2)CCCO1. The number of hydrogen-bond donors (Lipinski definition) is 0.